The molecule has 0 radical (unpaired) electrons. The smallest absolute Gasteiger partial charge is 0.351 e. The lowest BCUT2D eigenvalue weighted by atomic mass is 10.2. The Morgan fingerprint density at radius 2 is 1.96 bits per heavy atom. The first-order valence-electron chi connectivity index (χ1n) is 7.53. The van der Waals surface area contributed by atoms with E-state index in [1.165, 1.54) is 0 Å². The molecule has 1 heterocycles. The minimum atomic E-state index is -0.883. The Labute approximate surface area is 139 Å². The molecule has 1 amide bonds. The normalized spacial score (nSPS) is 15.5. The monoisotopic (exact) mass is 327 g/mol. The van der Waals surface area contributed by atoms with Crippen molar-refractivity contribution in [2.24, 2.45) is 0 Å². The number of carbonyl (C=O) groups is 2. The quantitative estimate of drug-likeness (QED) is 0.873. The zero-order valence-electron chi connectivity index (χ0n) is 13.2. The topological polar surface area (TPSA) is 73.9 Å². The Morgan fingerprint density at radius 3 is 2.75 bits per heavy atom. The predicted molar refractivity (Wildman–Crippen MR) is 87.1 cm³/mol. The Morgan fingerprint density at radius 1 is 1.17 bits per heavy atom. The van der Waals surface area contributed by atoms with Crippen LogP contribution in [0.1, 0.15) is 5.56 Å². The van der Waals surface area contributed by atoms with Crippen LogP contribution < -0.4 is 14.8 Å². The van der Waals surface area contributed by atoms with Crippen LogP contribution in [0.3, 0.4) is 0 Å². The van der Waals surface area contributed by atoms with Gasteiger partial charge >= 0.3 is 5.97 Å². The number of aryl methyl sites for hydroxylation is 1. The zero-order chi connectivity index (χ0) is 16.9. The lowest BCUT2D eigenvalue weighted by Gasteiger charge is -2.24. The van der Waals surface area contributed by atoms with E-state index in [0.717, 1.165) is 5.56 Å². The fourth-order valence-electron chi connectivity index (χ4n) is 2.29. The molecule has 3 rings (SSSR count). The predicted octanol–water partition coefficient (Wildman–Crippen LogP) is 2.32. The van der Waals surface area contributed by atoms with Gasteiger partial charge < -0.3 is 19.5 Å². The maximum Gasteiger partial charge on any atom is 0.351 e. The van der Waals surface area contributed by atoms with Crippen molar-refractivity contribution in [3.8, 4) is 11.5 Å². The molecule has 24 heavy (non-hydrogen) atoms. The van der Waals surface area contributed by atoms with Crippen LogP contribution in [0, 0.1) is 6.92 Å². The van der Waals surface area contributed by atoms with E-state index in [-0.39, 0.29) is 13.2 Å². The zero-order valence-corrected chi connectivity index (χ0v) is 13.2. The molecule has 0 bridgehead atoms. The van der Waals surface area contributed by atoms with Crippen LogP contribution in [0.4, 0.5) is 5.69 Å². The van der Waals surface area contributed by atoms with Crippen LogP contribution >= 0.6 is 0 Å². The number of hydrogen-bond donors (Lipinski definition) is 1. The molecule has 0 fully saturated rings. The number of carbonyl (C=O) groups excluding carboxylic acids is 2. The lowest BCUT2D eigenvalue weighted by molar-refractivity contribution is -0.156. The van der Waals surface area contributed by atoms with Crippen LogP contribution in [0.15, 0.2) is 48.5 Å². The number of para-hydroxylation sites is 2. The van der Waals surface area contributed by atoms with Crippen molar-refractivity contribution in [2.75, 3.05) is 18.5 Å². The molecule has 0 unspecified atom stereocenters. The van der Waals surface area contributed by atoms with E-state index in [4.69, 9.17) is 14.2 Å². The van der Waals surface area contributed by atoms with Crippen molar-refractivity contribution in [3.05, 3.63) is 54.1 Å². The number of nitrogens with one attached hydrogen (secondary N) is 1. The third kappa shape index (κ3) is 3.84. The highest BCUT2D eigenvalue weighted by atomic mass is 16.6. The average molecular weight is 327 g/mol. The van der Waals surface area contributed by atoms with Crippen molar-refractivity contribution in [2.45, 2.75) is 13.0 Å². The molecule has 1 atom stereocenters. The van der Waals surface area contributed by atoms with Gasteiger partial charge in [0.1, 0.15) is 6.61 Å². The molecule has 2 aromatic carbocycles. The lowest BCUT2D eigenvalue weighted by Crippen LogP contribution is -2.39. The number of fused-ring (bicyclic) bond motifs is 1. The first-order chi connectivity index (χ1) is 11.6. The largest absolute Gasteiger partial charge is 0.485 e. The van der Waals surface area contributed by atoms with Gasteiger partial charge in [0.2, 0.25) is 6.10 Å². The van der Waals surface area contributed by atoms with E-state index >= 15 is 0 Å². The minimum absolute atomic E-state index is 0.0509. The van der Waals surface area contributed by atoms with Crippen molar-refractivity contribution in [1.29, 1.82) is 0 Å². The van der Waals surface area contributed by atoms with Gasteiger partial charge in [-0.05, 0) is 36.8 Å². The summed E-state index contributed by atoms with van der Waals surface area (Å²) in [6, 6.07) is 14.4. The number of anilines is 1. The molecule has 0 aliphatic carbocycles. The van der Waals surface area contributed by atoms with Crippen molar-refractivity contribution in [1.82, 2.24) is 0 Å². The summed E-state index contributed by atoms with van der Waals surface area (Å²) in [7, 11) is 0. The van der Waals surface area contributed by atoms with E-state index in [1.807, 2.05) is 31.2 Å². The molecule has 0 aromatic heterocycles. The summed E-state index contributed by atoms with van der Waals surface area (Å²) in [5.74, 6) is 0.0172. The van der Waals surface area contributed by atoms with Gasteiger partial charge in [-0.3, -0.25) is 4.79 Å². The van der Waals surface area contributed by atoms with Gasteiger partial charge in [-0.25, -0.2) is 4.79 Å². The van der Waals surface area contributed by atoms with Gasteiger partial charge in [0.25, 0.3) is 5.91 Å². The number of hydrogen-bond acceptors (Lipinski definition) is 5. The first kappa shape index (κ1) is 15.9. The van der Waals surface area contributed by atoms with Crippen LogP contribution in [0.5, 0.6) is 11.5 Å². The molecule has 0 spiro atoms. The summed E-state index contributed by atoms with van der Waals surface area (Å²) in [6.45, 7) is 1.59. The third-order valence-electron chi connectivity index (χ3n) is 3.42. The molecule has 124 valence electrons. The van der Waals surface area contributed by atoms with Gasteiger partial charge in [0, 0.05) is 5.69 Å². The Kier molecular flexibility index (Phi) is 4.65. The molecule has 1 N–H and O–H groups in total. The maximum absolute atomic E-state index is 12.0. The highest BCUT2D eigenvalue weighted by Gasteiger charge is 2.29. The molecule has 1 aliphatic rings. The van der Waals surface area contributed by atoms with Gasteiger partial charge in [-0.15, -0.1) is 0 Å². The molecule has 0 saturated carbocycles. The Bertz CT molecular complexity index is 759. The second-order valence-electron chi connectivity index (χ2n) is 5.39. The number of ether oxygens (including phenoxy) is 3. The summed E-state index contributed by atoms with van der Waals surface area (Å²) < 4.78 is 16.0. The molecule has 1 aliphatic heterocycles. The second-order valence-corrected chi connectivity index (χ2v) is 5.39. The molecule has 2 aromatic rings. The highest BCUT2D eigenvalue weighted by Crippen LogP contribution is 2.31. The van der Waals surface area contributed by atoms with E-state index in [9.17, 15) is 9.59 Å². The van der Waals surface area contributed by atoms with Crippen LogP contribution in [0.2, 0.25) is 0 Å². The van der Waals surface area contributed by atoms with Gasteiger partial charge in [-0.1, -0.05) is 24.3 Å². The van der Waals surface area contributed by atoms with Gasteiger partial charge in [0.05, 0.1) is 0 Å². The standard InChI is InChI=1S/C18H17NO5/c1-12-5-4-6-13(9-12)19-17(20)11-23-18(21)16-10-22-14-7-2-3-8-15(14)24-16/h2-9,16H,10-11H2,1H3,(H,19,20)/t16-/m0/s1. The highest BCUT2D eigenvalue weighted by molar-refractivity contribution is 5.93. The molecule has 0 saturated heterocycles. The molecule has 6 heteroatoms. The second kappa shape index (κ2) is 7.04. The SMILES string of the molecule is Cc1cccc(NC(=O)COC(=O)[C@@H]2COc3ccccc3O2)c1. The maximum atomic E-state index is 12.0. The van der Waals surface area contributed by atoms with Gasteiger partial charge in [0.15, 0.2) is 18.1 Å². The number of amides is 1. The molecule has 6 nitrogen and oxygen atoms in total. The molecular weight excluding hydrogens is 310 g/mol. The number of benzene rings is 2. The van der Waals surface area contributed by atoms with E-state index < -0.39 is 18.0 Å². The van der Waals surface area contributed by atoms with E-state index in [1.54, 1.807) is 24.3 Å². The van der Waals surface area contributed by atoms with Crippen LogP contribution in [0.25, 0.3) is 0 Å². The summed E-state index contributed by atoms with van der Waals surface area (Å²) in [5, 5.41) is 2.67. The Hall–Kier alpha value is -3.02. The fraction of sp³-hybridized carbons (Fsp3) is 0.222. The van der Waals surface area contributed by atoms with Crippen LogP contribution in [-0.2, 0) is 14.3 Å². The van der Waals surface area contributed by atoms with Crippen molar-refractivity contribution >= 4 is 17.6 Å². The minimum Gasteiger partial charge on any atom is -0.485 e. The summed E-state index contributed by atoms with van der Waals surface area (Å²) in [6.07, 6.45) is -0.883. The average Bonchev–Trinajstić information content (AvgIpc) is 2.59. The van der Waals surface area contributed by atoms with E-state index in [2.05, 4.69) is 5.32 Å². The van der Waals surface area contributed by atoms with E-state index in [0.29, 0.717) is 17.2 Å². The van der Waals surface area contributed by atoms with Gasteiger partial charge in [-0.2, -0.15) is 0 Å². The van der Waals surface area contributed by atoms with Crippen molar-refractivity contribution < 1.29 is 23.8 Å². The number of rotatable bonds is 4. The van der Waals surface area contributed by atoms with Crippen LogP contribution in [-0.4, -0.2) is 31.2 Å². The molecular formula is C18H17NO5. The fourth-order valence-corrected chi connectivity index (χ4v) is 2.29. The third-order valence-corrected chi connectivity index (χ3v) is 3.42. The first-order valence-corrected chi connectivity index (χ1v) is 7.53. The summed E-state index contributed by atoms with van der Waals surface area (Å²) >= 11 is 0. The Balaban J connectivity index is 1.50. The van der Waals surface area contributed by atoms with Crippen molar-refractivity contribution in [3.63, 3.8) is 0 Å². The summed E-state index contributed by atoms with van der Waals surface area (Å²) in [5.41, 5.74) is 1.68. The summed E-state index contributed by atoms with van der Waals surface area (Å²) in [4.78, 5) is 23.9. The number of esters is 1.